The van der Waals surface area contributed by atoms with Crippen LogP contribution in [0.1, 0.15) is 85.4 Å². The molecule has 368 valence electrons. The SMILES string of the molecule is CCCC(CN(CCNC(=O)c1nc(C)n(C)c(=O)c1OCc1ccccc1)CCNC(=O)c1nc(C)n(C)c(=O)c1OCc1ccccc1)NC(=O)c1nc(C)n(C)c(=O)c1OCc1ccccc1. The zero-order chi connectivity index (χ0) is 50.3. The normalized spacial score (nSPS) is 11.5. The molecule has 19 heteroatoms. The van der Waals surface area contributed by atoms with Gasteiger partial charge in [-0.25, -0.2) is 15.0 Å². The number of carbonyl (C=O) groups excluding carboxylic acids is 3. The summed E-state index contributed by atoms with van der Waals surface area (Å²) < 4.78 is 21.7. The molecule has 3 aromatic carbocycles. The highest BCUT2D eigenvalue weighted by molar-refractivity contribution is 5.96. The lowest BCUT2D eigenvalue weighted by Gasteiger charge is -2.28. The van der Waals surface area contributed by atoms with E-state index in [4.69, 9.17) is 14.2 Å². The van der Waals surface area contributed by atoms with E-state index in [2.05, 4.69) is 30.9 Å². The number of nitrogens with zero attached hydrogens (tertiary/aromatic N) is 7. The standard InChI is InChI=1S/C51H60N10O9/c1-8-18-39(57-48(64)42-45(51(67)60(7)35(4)56-42)70-32-38-23-16-11-17-24-38)29-61(27-25-52-46(62)40-43(49(65)58(5)33(2)54-40)68-30-36-19-12-9-13-20-36)28-26-53-47(63)41-44(50(66)59(6)34(3)55-41)69-31-37-21-14-10-15-22-37/h9-17,19-24,39H,8,18,25-32H2,1-7H3,(H,52,62)(H,53,63)(H,57,64). The molecule has 0 aliphatic heterocycles. The third-order valence-electron chi connectivity index (χ3n) is 11.6. The largest absolute Gasteiger partial charge is 0.481 e. The fourth-order valence-corrected chi connectivity index (χ4v) is 7.35. The van der Waals surface area contributed by atoms with Gasteiger partial charge in [-0.1, -0.05) is 104 Å². The van der Waals surface area contributed by atoms with Gasteiger partial charge in [-0.3, -0.25) is 47.4 Å². The summed E-state index contributed by atoms with van der Waals surface area (Å²) in [7, 11) is 4.64. The Morgan fingerprint density at radius 1 is 0.543 bits per heavy atom. The third kappa shape index (κ3) is 13.2. The Kier molecular flexibility index (Phi) is 17.9. The number of aromatic nitrogens is 6. The van der Waals surface area contributed by atoms with Crippen molar-refractivity contribution in [2.45, 2.75) is 66.4 Å². The number of aryl methyl sites for hydroxylation is 3. The Morgan fingerprint density at radius 3 is 1.20 bits per heavy atom. The smallest absolute Gasteiger partial charge is 0.296 e. The highest BCUT2D eigenvalue weighted by Crippen LogP contribution is 2.18. The Morgan fingerprint density at radius 2 is 0.871 bits per heavy atom. The molecule has 3 aromatic heterocycles. The minimum Gasteiger partial charge on any atom is -0.481 e. The number of rotatable bonds is 23. The molecule has 0 saturated heterocycles. The van der Waals surface area contributed by atoms with E-state index < -0.39 is 40.4 Å². The summed E-state index contributed by atoms with van der Waals surface area (Å²) in [6, 6.07) is 27.2. The molecule has 0 saturated carbocycles. The molecule has 6 rings (SSSR count). The summed E-state index contributed by atoms with van der Waals surface area (Å²) in [6.45, 7) is 7.63. The van der Waals surface area contributed by atoms with E-state index in [0.717, 1.165) is 16.7 Å². The second-order valence-corrected chi connectivity index (χ2v) is 16.7. The summed E-state index contributed by atoms with van der Waals surface area (Å²) in [5.41, 5.74) is 0.323. The van der Waals surface area contributed by atoms with Crippen molar-refractivity contribution in [3.63, 3.8) is 0 Å². The van der Waals surface area contributed by atoms with Gasteiger partial charge in [-0.2, -0.15) is 0 Å². The first-order valence-corrected chi connectivity index (χ1v) is 23.0. The molecule has 0 aliphatic carbocycles. The van der Waals surface area contributed by atoms with Gasteiger partial charge in [0.05, 0.1) is 0 Å². The van der Waals surface area contributed by atoms with Crippen molar-refractivity contribution in [2.75, 3.05) is 32.7 Å². The average molecular weight is 957 g/mol. The highest BCUT2D eigenvalue weighted by atomic mass is 16.5. The van der Waals surface area contributed by atoms with Crippen molar-refractivity contribution < 1.29 is 28.6 Å². The van der Waals surface area contributed by atoms with Crippen molar-refractivity contribution in [3.05, 3.63) is 173 Å². The van der Waals surface area contributed by atoms with Gasteiger partial charge in [-0.15, -0.1) is 0 Å². The third-order valence-corrected chi connectivity index (χ3v) is 11.6. The number of amides is 3. The van der Waals surface area contributed by atoms with Crippen LogP contribution in [0.15, 0.2) is 105 Å². The summed E-state index contributed by atoms with van der Waals surface area (Å²) in [5.74, 6) is -1.55. The van der Waals surface area contributed by atoms with Gasteiger partial charge >= 0.3 is 0 Å². The van der Waals surface area contributed by atoms with Gasteiger partial charge in [0.1, 0.15) is 37.3 Å². The fraction of sp³-hybridized carbons (Fsp3) is 0.353. The van der Waals surface area contributed by atoms with Gasteiger partial charge < -0.3 is 30.2 Å². The molecule has 70 heavy (non-hydrogen) atoms. The first-order valence-electron chi connectivity index (χ1n) is 23.0. The van der Waals surface area contributed by atoms with E-state index in [0.29, 0.717) is 30.3 Å². The van der Waals surface area contributed by atoms with Crippen molar-refractivity contribution in [3.8, 4) is 17.2 Å². The molecule has 0 radical (unpaired) electrons. The van der Waals surface area contributed by atoms with Crippen LogP contribution in [0.4, 0.5) is 0 Å². The highest BCUT2D eigenvalue weighted by Gasteiger charge is 2.27. The predicted molar refractivity (Wildman–Crippen MR) is 262 cm³/mol. The average Bonchev–Trinajstić information content (AvgIpc) is 3.36. The van der Waals surface area contributed by atoms with Gasteiger partial charge in [0, 0.05) is 59.9 Å². The lowest BCUT2D eigenvalue weighted by Crippen LogP contribution is -2.48. The quantitative estimate of drug-likeness (QED) is 0.0835. The Labute approximate surface area is 405 Å². The van der Waals surface area contributed by atoms with Crippen molar-refractivity contribution in [1.29, 1.82) is 0 Å². The van der Waals surface area contributed by atoms with Crippen LogP contribution in [0.25, 0.3) is 0 Å². The van der Waals surface area contributed by atoms with Crippen LogP contribution in [0.5, 0.6) is 17.2 Å². The van der Waals surface area contributed by atoms with E-state index in [1.807, 2.05) is 103 Å². The lowest BCUT2D eigenvalue weighted by molar-refractivity contribution is 0.0909. The molecule has 0 fully saturated rings. The molecule has 19 nitrogen and oxygen atoms in total. The minimum absolute atomic E-state index is 0.0330. The van der Waals surface area contributed by atoms with Gasteiger partial charge in [0.2, 0.25) is 17.2 Å². The predicted octanol–water partition coefficient (Wildman–Crippen LogP) is 3.69. The second kappa shape index (κ2) is 24.4. The van der Waals surface area contributed by atoms with E-state index in [-0.39, 0.29) is 86.9 Å². The number of carbonyl (C=O) groups is 3. The zero-order valence-electron chi connectivity index (χ0n) is 40.6. The van der Waals surface area contributed by atoms with Crippen molar-refractivity contribution in [1.82, 2.24) is 49.5 Å². The molecule has 1 unspecified atom stereocenters. The van der Waals surface area contributed by atoms with E-state index in [1.54, 1.807) is 41.9 Å². The summed E-state index contributed by atoms with van der Waals surface area (Å²) >= 11 is 0. The molecule has 0 aliphatic rings. The molecule has 0 spiro atoms. The molecule has 1 atom stereocenters. The van der Waals surface area contributed by atoms with Crippen LogP contribution in [0.3, 0.4) is 0 Å². The fourth-order valence-electron chi connectivity index (χ4n) is 7.35. The van der Waals surface area contributed by atoms with Crippen LogP contribution >= 0.6 is 0 Å². The molecule has 0 bridgehead atoms. The second-order valence-electron chi connectivity index (χ2n) is 16.7. The molecule has 3 amide bonds. The van der Waals surface area contributed by atoms with Crippen LogP contribution in [-0.4, -0.2) is 90.0 Å². The number of hydrogen-bond donors (Lipinski definition) is 3. The maximum absolute atomic E-state index is 14.2. The Bertz CT molecular complexity index is 2830. The lowest BCUT2D eigenvalue weighted by atomic mass is 10.1. The summed E-state index contributed by atoms with van der Waals surface area (Å²) in [5, 5.41) is 8.80. The van der Waals surface area contributed by atoms with Gasteiger partial charge in [0.15, 0.2) is 17.1 Å². The maximum Gasteiger partial charge on any atom is 0.296 e. The van der Waals surface area contributed by atoms with Gasteiger partial charge in [-0.05, 0) is 43.9 Å². The van der Waals surface area contributed by atoms with E-state index >= 15 is 0 Å². The molecular formula is C51H60N10O9. The molecule has 3 heterocycles. The zero-order valence-corrected chi connectivity index (χ0v) is 40.6. The minimum atomic E-state index is -0.638. The van der Waals surface area contributed by atoms with Crippen molar-refractivity contribution in [2.24, 2.45) is 21.1 Å². The number of ether oxygens (including phenoxy) is 3. The monoisotopic (exact) mass is 956 g/mol. The maximum atomic E-state index is 14.2. The Hall–Kier alpha value is -7.93. The van der Waals surface area contributed by atoms with Crippen LogP contribution in [0.2, 0.25) is 0 Å². The van der Waals surface area contributed by atoms with Crippen LogP contribution in [-0.2, 0) is 41.0 Å². The van der Waals surface area contributed by atoms with Crippen LogP contribution < -0.4 is 46.8 Å². The van der Waals surface area contributed by atoms with E-state index in [9.17, 15) is 28.8 Å². The van der Waals surface area contributed by atoms with Crippen molar-refractivity contribution >= 4 is 17.7 Å². The number of benzene rings is 3. The summed E-state index contributed by atoms with van der Waals surface area (Å²) in [4.78, 5) is 97.4. The summed E-state index contributed by atoms with van der Waals surface area (Å²) in [6.07, 6.45) is 1.16. The molecule has 3 N–H and O–H groups in total. The number of hydrogen-bond acceptors (Lipinski definition) is 13. The molecular weight excluding hydrogens is 897 g/mol. The van der Waals surface area contributed by atoms with Crippen LogP contribution in [0, 0.1) is 20.8 Å². The van der Waals surface area contributed by atoms with E-state index in [1.165, 1.54) is 13.7 Å². The Balaban J connectivity index is 1.22. The first-order chi connectivity index (χ1) is 33.7. The molecule has 6 aromatic rings. The topological polar surface area (TPSA) is 223 Å². The van der Waals surface area contributed by atoms with Gasteiger partial charge in [0.25, 0.3) is 34.4 Å². The number of nitrogens with one attached hydrogen (secondary N) is 3. The first kappa shape index (κ1) is 51.5.